The molecule has 1 N–H and O–H groups in total. The number of carboxylic acid groups (broad SMARTS) is 1. The molecule has 0 aliphatic heterocycles. The number of hydrogen-bond acceptors (Lipinski definition) is 5. The highest BCUT2D eigenvalue weighted by Crippen LogP contribution is 2.44. The van der Waals surface area contributed by atoms with E-state index >= 15 is 0 Å². The number of carbonyl (C=O) groups excluding carboxylic acids is 3. The standard InChI is InChI=1S/C32H41N3O6/c1-5-18-33(2)30(38)27(19-28(36)37)34(3)31(39)29(21-12-6-7-13-21)35(4)32(40)41-20-26-24-16-10-8-14-22(24)23-15-9-11-17-25(23)26/h8-11,14-17,21,26-27,29H,5-7,12-13,18-20H2,1-4H3,(H,36,37). The topological polar surface area (TPSA) is 107 Å². The molecule has 2 aliphatic carbocycles. The summed E-state index contributed by atoms with van der Waals surface area (Å²) >= 11 is 0. The number of benzene rings is 2. The molecule has 2 atom stereocenters. The Labute approximate surface area is 242 Å². The molecule has 2 aromatic rings. The molecule has 41 heavy (non-hydrogen) atoms. The average Bonchev–Trinajstić information content (AvgIpc) is 3.60. The molecule has 0 radical (unpaired) electrons. The lowest BCUT2D eigenvalue weighted by Gasteiger charge is -2.37. The zero-order chi connectivity index (χ0) is 29.7. The van der Waals surface area contributed by atoms with Gasteiger partial charge in [0, 0.05) is 33.6 Å². The van der Waals surface area contributed by atoms with Gasteiger partial charge < -0.3 is 19.6 Å². The number of carboxylic acids is 1. The van der Waals surface area contributed by atoms with Crippen LogP contribution in [0.4, 0.5) is 4.79 Å². The molecule has 9 heteroatoms. The second-order valence-electron chi connectivity index (χ2n) is 11.2. The summed E-state index contributed by atoms with van der Waals surface area (Å²) in [5.41, 5.74) is 4.44. The van der Waals surface area contributed by atoms with Crippen LogP contribution in [0.3, 0.4) is 0 Å². The second kappa shape index (κ2) is 13.2. The van der Waals surface area contributed by atoms with E-state index in [9.17, 15) is 24.3 Å². The van der Waals surface area contributed by atoms with Crippen LogP contribution < -0.4 is 0 Å². The maximum atomic E-state index is 14.0. The Balaban J connectivity index is 1.53. The molecular weight excluding hydrogens is 522 g/mol. The van der Waals surface area contributed by atoms with E-state index in [1.807, 2.05) is 43.3 Å². The summed E-state index contributed by atoms with van der Waals surface area (Å²) in [5, 5.41) is 9.54. The van der Waals surface area contributed by atoms with Gasteiger partial charge in [0.2, 0.25) is 11.8 Å². The Kier molecular flexibility index (Phi) is 9.68. The molecule has 2 aliphatic rings. The number of rotatable bonds is 11. The number of ether oxygens (including phenoxy) is 1. The maximum absolute atomic E-state index is 14.0. The van der Waals surface area contributed by atoms with Gasteiger partial charge in [-0.2, -0.15) is 0 Å². The minimum atomic E-state index is -1.17. The van der Waals surface area contributed by atoms with Crippen LogP contribution in [0.5, 0.6) is 0 Å². The normalized spacial score (nSPS) is 15.9. The fourth-order valence-electron chi connectivity index (χ4n) is 6.38. The van der Waals surface area contributed by atoms with Crippen LogP contribution in [0.25, 0.3) is 11.1 Å². The molecule has 0 bridgehead atoms. The molecule has 9 nitrogen and oxygen atoms in total. The summed E-state index contributed by atoms with van der Waals surface area (Å²) < 4.78 is 5.86. The molecular formula is C32H41N3O6. The van der Waals surface area contributed by atoms with E-state index in [1.54, 1.807) is 14.1 Å². The summed E-state index contributed by atoms with van der Waals surface area (Å²) in [6.45, 7) is 2.49. The van der Waals surface area contributed by atoms with Crippen LogP contribution in [0.1, 0.15) is 62.5 Å². The van der Waals surface area contributed by atoms with Gasteiger partial charge in [-0.3, -0.25) is 19.3 Å². The van der Waals surface area contributed by atoms with Crippen molar-refractivity contribution in [3.63, 3.8) is 0 Å². The van der Waals surface area contributed by atoms with Gasteiger partial charge in [0.1, 0.15) is 18.7 Å². The fraction of sp³-hybridized carbons (Fsp3) is 0.500. The van der Waals surface area contributed by atoms with Crippen molar-refractivity contribution in [3.05, 3.63) is 59.7 Å². The second-order valence-corrected chi connectivity index (χ2v) is 11.2. The van der Waals surface area contributed by atoms with E-state index in [-0.39, 0.29) is 18.4 Å². The third kappa shape index (κ3) is 6.39. The summed E-state index contributed by atoms with van der Waals surface area (Å²) in [6, 6.07) is 14.1. The molecule has 1 saturated carbocycles. The number of carbonyl (C=O) groups is 4. The Morgan fingerprint density at radius 1 is 0.878 bits per heavy atom. The van der Waals surface area contributed by atoms with Crippen molar-refractivity contribution in [1.29, 1.82) is 0 Å². The fourth-order valence-corrected chi connectivity index (χ4v) is 6.38. The molecule has 3 amide bonds. The lowest BCUT2D eigenvalue weighted by molar-refractivity contribution is -0.151. The molecule has 2 unspecified atom stereocenters. The van der Waals surface area contributed by atoms with Crippen molar-refractivity contribution in [2.45, 2.75) is 63.5 Å². The first-order chi connectivity index (χ1) is 19.6. The molecule has 220 valence electrons. The molecule has 4 rings (SSSR count). The van der Waals surface area contributed by atoms with Crippen LogP contribution in [0.2, 0.25) is 0 Å². The first-order valence-electron chi connectivity index (χ1n) is 14.5. The van der Waals surface area contributed by atoms with Crippen LogP contribution in [0.15, 0.2) is 48.5 Å². The summed E-state index contributed by atoms with van der Waals surface area (Å²) in [6.07, 6.45) is 2.98. The minimum absolute atomic E-state index is 0.107. The van der Waals surface area contributed by atoms with Crippen LogP contribution in [-0.2, 0) is 19.1 Å². The first kappa shape index (κ1) is 30.1. The van der Waals surface area contributed by atoms with E-state index in [2.05, 4.69) is 12.1 Å². The lowest BCUT2D eigenvalue weighted by atomic mass is 9.95. The van der Waals surface area contributed by atoms with Crippen LogP contribution in [-0.4, -0.2) is 90.1 Å². The quantitative estimate of drug-likeness (QED) is 0.428. The van der Waals surface area contributed by atoms with E-state index < -0.39 is 42.4 Å². The van der Waals surface area contributed by atoms with E-state index in [4.69, 9.17) is 4.74 Å². The number of hydrogen-bond donors (Lipinski definition) is 1. The molecule has 0 aromatic heterocycles. The van der Waals surface area contributed by atoms with Crippen LogP contribution in [0, 0.1) is 5.92 Å². The summed E-state index contributed by atoms with van der Waals surface area (Å²) in [4.78, 5) is 56.4. The number of aliphatic carboxylic acids is 1. The zero-order valence-electron chi connectivity index (χ0n) is 24.4. The third-order valence-corrected chi connectivity index (χ3v) is 8.54. The van der Waals surface area contributed by atoms with Crippen molar-refractivity contribution >= 4 is 23.9 Å². The van der Waals surface area contributed by atoms with Crippen LogP contribution >= 0.6 is 0 Å². The number of fused-ring (bicyclic) bond motifs is 3. The van der Waals surface area contributed by atoms with Crippen molar-refractivity contribution in [2.24, 2.45) is 5.92 Å². The maximum Gasteiger partial charge on any atom is 0.410 e. The average molecular weight is 564 g/mol. The predicted molar refractivity (Wildman–Crippen MR) is 155 cm³/mol. The van der Waals surface area contributed by atoms with Crippen molar-refractivity contribution in [2.75, 3.05) is 34.3 Å². The van der Waals surface area contributed by atoms with Crippen molar-refractivity contribution in [1.82, 2.24) is 14.7 Å². The highest BCUT2D eigenvalue weighted by molar-refractivity contribution is 5.93. The Bertz CT molecular complexity index is 1230. The van der Waals surface area contributed by atoms with Gasteiger partial charge in [-0.25, -0.2) is 4.79 Å². The Morgan fingerprint density at radius 3 is 1.98 bits per heavy atom. The van der Waals surface area contributed by atoms with Crippen molar-refractivity contribution in [3.8, 4) is 11.1 Å². The first-order valence-corrected chi connectivity index (χ1v) is 14.5. The summed E-state index contributed by atoms with van der Waals surface area (Å²) in [5.74, 6) is -2.27. The number of likely N-dealkylation sites (N-methyl/N-ethyl adjacent to an activating group) is 3. The smallest absolute Gasteiger partial charge is 0.410 e. The highest BCUT2D eigenvalue weighted by atomic mass is 16.6. The third-order valence-electron chi connectivity index (χ3n) is 8.54. The van der Waals surface area contributed by atoms with Gasteiger partial charge in [-0.05, 0) is 47.4 Å². The lowest BCUT2D eigenvalue weighted by Crippen LogP contribution is -2.57. The molecule has 0 saturated heterocycles. The van der Waals surface area contributed by atoms with E-state index in [0.717, 1.165) is 47.9 Å². The SMILES string of the molecule is CCCN(C)C(=O)C(CC(=O)O)N(C)C(=O)C(C1CCCC1)N(C)C(=O)OCC1c2ccccc2-c2ccccc21. The molecule has 0 spiro atoms. The summed E-state index contributed by atoms with van der Waals surface area (Å²) in [7, 11) is 4.63. The Hall–Kier alpha value is -3.88. The van der Waals surface area contributed by atoms with E-state index in [1.165, 1.54) is 21.7 Å². The molecule has 0 heterocycles. The van der Waals surface area contributed by atoms with E-state index in [0.29, 0.717) is 13.0 Å². The molecule has 2 aromatic carbocycles. The van der Waals surface area contributed by atoms with Gasteiger partial charge in [-0.15, -0.1) is 0 Å². The van der Waals surface area contributed by atoms with Gasteiger partial charge in [-0.1, -0.05) is 68.3 Å². The number of amides is 3. The van der Waals surface area contributed by atoms with Gasteiger partial charge in [0.05, 0.1) is 6.42 Å². The van der Waals surface area contributed by atoms with Gasteiger partial charge in [0.15, 0.2) is 0 Å². The van der Waals surface area contributed by atoms with Gasteiger partial charge >= 0.3 is 12.1 Å². The largest absolute Gasteiger partial charge is 0.481 e. The van der Waals surface area contributed by atoms with Crippen molar-refractivity contribution < 1.29 is 29.0 Å². The Morgan fingerprint density at radius 2 is 1.44 bits per heavy atom. The zero-order valence-corrected chi connectivity index (χ0v) is 24.4. The molecule has 1 fully saturated rings. The van der Waals surface area contributed by atoms with Gasteiger partial charge in [0.25, 0.3) is 0 Å². The monoisotopic (exact) mass is 563 g/mol. The number of nitrogens with zero attached hydrogens (tertiary/aromatic N) is 3. The minimum Gasteiger partial charge on any atom is -0.481 e. The highest BCUT2D eigenvalue weighted by Gasteiger charge is 2.42. The predicted octanol–water partition coefficient (Wildman–Crippen LogP) is 4.60.